The van der Waals surface area contributed by atoms with Crippen LogP contribution < -0.4 is 33.2 Å². The molecular formula is C30H54N6O4. The summed E-state index contributed by atoms with van der Waals surface area (Å²) in [7, 11) is 0. The van der Waals surface area contributed by atoms with Gasteiger partial charge in [0.15, 0.2) is 0 Å². The van der Waals surface area contributed by atoms with Gasteiger partial charge in [0.2, 0.25) is 17.7 Å². The lowest BCUT2D eigenvalue weighted by molar-refractivity contribution is -0.153. The number of hydrogen-bond acceptors (Lipinski definition) is 7. The molecule has 5 unspecified atom stereocenters. The molecule has 0 heterocycles. The lowest BCUT2D eigenvalue weighted by Gasteiger charge is -2.65. The maximum Gasteiger partial charge on any atom is 0.233 e. The van der Waals surface area contributed by atoms with Crippen LogP contribution in [-0.4, -0.2) is 67.2 Å². The molecule has 10 heteroatoms. The molecule has 0 aromatic heterocycles. The lowest BCUT2D eigenvalue weighted by Crippen LogP contribution is -2.68. The summed E-state index contributed by atoms with van der Waals surface area (Å²) in [6.07, 6.45) is 8.36. The summed E-state index contributed by atoms with van der Waals surface area (Å²) in [6.45, 7) is 7.19. The minimum absolute atomic E-state index is 0.00465. The fourth-order valence-electron chi connectivity index (χ4n) is 10.2. The summed E-state index contributed by atoms with van der Waals surface area (Å²) in [5, 5.41) is 19.4. The second kappa shape index (κ2) is 12.6. The predicted octanol–water partition coefficient (Wildman–Crippen LogP) is 0.604. The molecule has 4 saturated carbocycles. The Bertz CT molecular complexity index is 934. The number of nitrogens with one attached hydrogen (secondary N) is 3. The van der Waals surface area contributed by atoms with E-state index in [9.17, 15) is 19.5 Å². The van der Waals surface area contributed by atoms with E-state index in [4.69, 9.17) is 17.2 Å². The van der Waals surface area contributed by atoms with Crippen molar-refractivity contribution < 1.29 is 19.5 Å². The summed E-state index contributed by atoms with van der Waals surface area (Å²) in [4.78, 5) is 37.7. The average molecular weight is 563 g/mol. The van der Waals surface area contributed by atoms with Crippen LogP contribution in [0.4, 0.5) is 0 Å². The standard InChI is InChI=1S/C30H54N6O4/c1-17(5-4-10-37)20-6-7-21-28-22(13-24(30(20,21)3)36-27(40)16-33)29(2)9-8-19(34-25(38)14-31)11-18(29)12-23(28)35-26(39)15-32/h17-24,28,37H,4-16,31-33H2,1-3H3,(H,34,38)(H,35,39)(H,36,40)/t17-,18?,19?,20-,21+,22+,23?,24?,28?,29+,30-/m1/s1. The van der Waals surface area contributed by atoms with E-state index >= 15 is 0 Å². The van der Waals surface area contributed by atoms with Crippen molar-refractivity contribution in [2.24, 2.45) is 63.5 Å². The zero-order chi connectivity index (χ0) is 29.2. The van der Waals surface area contributed by atoms with Gasteiger partial charge in [-0.3, -0.25) is 14.4 Å². The van der Waals surface area contributed by atoms with Crippen molar-refractivity contribution in [2.45, 2.75) is 96.7 Å². The quantitative estimate of drug-likeness (QED) is 0.203. The Kier molecular flexibility index (Phi) is 9.85. The van der Waals surface area contributed by atoms with Crippen LogP contribution in [0.3, 0.4) is 0 Å². The van der Waals surface area contributed by atoms with E-state index in [0.29, 0.717) is 29.6 Å². The molecular weight excluding hydrogens is 508 g/mol. The highest BCUT2D eigenvalue weighted by atomic mass is 16.3. The molecule has 0 aromatic carbocycles. The van der Waals surface area contributed by atoms with Gasteiger partial charge in [-0.05, 0) is 104 Å². The zero-order valence-electron chi connectivity index (χ0n) is 24.8. The minimum atomic E-state index is -0.137. The van der Waals surface area contributed by atoms with Gasteiger partial charge >= 0.3 is 0 Å². The van der Waals surface area contributed by atoms with Crippen LogP contribution >= 0.6 is 0 Å². The summed E-state index contributed by atoms with van der Waals surface area (Å²) >= 11 is 0. The van der Waals surface area contributed by atoms with Gasteiger partial charge in [0, 0.05) is 24.7 Å². The number of nitrogens with two attached hydrogens (primary N) is 3. The Labute approximate surface area is 239 Å². The van der Waals surface area contributed by atoms with E-state index in [1.165, 1.54) is 0 Å². The smallest absolute Gasteiger partial charge is 0.233 e. The van der Waals surface area contributed by atoms with Gasteiger partial charge in [-0.2, -0.15) is 0 Å². The molecule has 0 aromatic rings. The molecule has 0 aliphatic heterocycles. The van der Waals surface area contributed by atoms with Crippen LogP contribution in [0.5, 0.6) is 0 Å². The van der Waals surface area contributed by atoms with Gasteiger partial charge in [0.25, 0.3) is 0 Å². The molecule has 10 N–H and O–H groups in total. The third-order valence-electron chi connectivity index (χ3n) is 12.0. The zero-order valence-corrected chi connectivity index (χ0v) is 24.8. The second-order valence-corrected chi connectivity index (χ2v) is 13.8. The Morgan fingerprint density at radius 3 is 2.17 bits per heavy atom. The third-order valence-corrected chi connectivity index (χ3v) is 12.0. The largest absolute Gasteiger partial charge is 0.396 e. The van der Waals surface area contributed by atoms with Crippen molar-refractivity contribution in [3.8, 4) is 0 Å². The molecule has 0 radical (unpaired) electrons. The lowest BCUT2D eigenvalue weighted by atomic mass is 9.42. The summed E-state index contributed by atoms with van der Waals surface area (Å²) in [6, 6.07) is 0.0846. The van der Waals surface area contributed by atoms with E-state index in [0.717, 1.165) is 57.8 Å². The molecule has 0 bridgehead atoms. The molecule has 0 spiro atoms. The molecule has 4 aliphatic rings. The van der Waals surface area contributed by atoms with Gasteiger partial charge < -0.3 is 38.3 Å². The summed E-state index contributed by atoms with van der Waals surface area (Å²) < 4.78 is 0. The van der Waals surface area contributed by atoms with Crippen LogP contribution in [0.2, 0.25) is 0 Å². The van der Waals surface area contributed by atoms with Crippen LogP contribution in [0.1, 0.15) is 78.6 Å². The van der Waals surface area contributed by atoms with Crippen LogP contribution in [-0.2, 0) is 14.4 Å². The first-order valence-corrected chi connectivity index (χ1v) is 15.6. The van der Waals surface area contributed by atoms with Crippen LogP contribution in [0, 0.1) is 46.3 Å². The van der Waals surface area contributed by atoms with Gasteiger partial charge in [-0.1, -0.05) is 20.8 Å². The fraction of sp³-hybridized carbons (Fsp3) is 0.900. The maximum absolute atomic E-state index is 12.8. The molecule has 4 rings (SSSR count). The third kappa shape index (κ3) is 5.65. The van der Waals surface area contributed by atoms with Gasteiger partial charge in [0.1, 0.15) is 0 Å². The SMILES string of the molecule is C[C@H](CCCO)[C@H]1CC[C@H]2C3C(NC(=O)CN)CC4CC(NC(=O)CN)CC[C@]4(C)[C@H]3CC(NC(=O)CN)[C@]12C. The summed E-state index contributed by atoms with van der Waals surface area (Å²) in [5.74, 6) is 1.73. The van der Waals surface area contributed by atoms with Crippen molar-refractivity contribution in [3.05, 3.63) is 0 Å². The molecule has 3 amide bonds. The minimum Gasteiger partial charge on any atom is -0.396 e. The van der Waals surface area contributed by atoms with Crippen molar-refractivity contribution in [3.63, 3.8) is 0 Å². The van der Waals surface area contributed by atoms with Crippen molar-refractivity contribution in [2.75, 3.05) is 26.2 Å². The predicted molar refractivity (Wildman–Crippen MR) is 154 cm³/mol. The van der Waals surface area contributed by atoms with Gasteiger partial charge in [-0.25, -0.2) is 0 Å². The molecule has 4 fully saturated rings. The Hall–Kier alpha value is -1.75. The molecule has 11 atom stereocenters. The van der Waals surface area contributed by atoms with E-state index in [2.05, 4.69) is 36.7 Å². The first kappa shape index (κ1) is 31.2. The Morgan fingerprint density at radius 2 is 1.52 bits per heavy atom. The van der Waals surface area contributed by atoms with Crippen LogP contribution in [0.15, 0.2) is 0 Å². The number of rotatable bonds is 10. The number of carbonyl (C=O) groups is 3. The molecule has 228 valence electrons. The van der Waals surface area contributed by atoms with E-state index in [-0.39, 0.29) is 78.8 Å². The fourth-order valence-corrected chi connectivity index (χ4v) is 10.2. The number of amides is 3. The van der Waals surface area contributed by atoms with E-state index in [1.54, 1.807) is 0 Å². The topological polar surface area (TPSA) is 186 Å². The number of aliphatic hydroxyl groups excluding tert-OH is 1. The number of aliphatic hydroxyl groups is 1. The highest BCUT2D eigenvalue weighted by Crippen LogP contribution is 2.68. The number of carbonyl (C=O) groups excluding carboxylic acids is 3. The monoisotopic (exact) mass is 562 g/mol. The first-order valence-electron chi connectivity index (χ1n) is 15.6. The maximum atomic E-state index is 12.8. The van der Waals surface area contributed by atoms with E-state index in [1.807, 2.05) is 0 Å². The first-order chi connectivity index (χ1) is 19.0. The van der Waals surface area contributed by atoms with Crippen molar-refractivity contribution >= 4 is 17.7 Å². The van der Waals surface area contributed by atoms with Crippen molar-refractivity contribution in [1.82, 2.24) is 16.0 Å². The highest BCUT2D eigenvalue weighted by Gasteiger charge is 2.66. The average Bonchev–Trinajstić information content (AvgIpc) is 3.30. The molecule has 40 heavy (non-hydrogen) atoms. The summed E-state index contributed by atoms with van der Waals surface area (Å²) in [5.41, 5.74) is 17.1. The second-order valence-electron chi connectivity index (χ2n) is 13.8. The molecule has 10 nitrogen and oxygen atoms in total. The molecule has 4 aliphatic carbocycles. The Morgan fingerprint density at radius 1 is 0.875 bits per heavy atom. The van der Waals surface area contributed by atoms with Crippen LogP contribution in [0.25, 0.3) is 0 Å². The number of hydrogen-bond donors (Lipinski definition) is 7. The normalized spacial score (nSPS) is 41.2. The van der Waals surface area contributed by atoms with Gasteiger partial charge in [0.05, 0.1) is 19.6 Å². The number of fused-ring (bicyclic) bond motifs is 5. The van der Waals surface area contributed by atoms with E-state index < -0.39 is 0 Å². The Balaban J connectivity index is 1.72. The van der Waals surface area contributed by atoms with Gasteiger partial charge in [-0.15, -0.1) is 0 Å². The van der Waals surface area contributed by atoms with Crippen molar-refractivity contribution in [1.29, 1.82) is 0 Å². The highest BCUT2D eigenvalue weighted by molar-refractivity contribution is 5.79. The molecule has 0 saturated heterocycles.